The van der Waals surface area contributed by atoms with Gasteiger partial charge in [-0.25, -0.2) is 0 Å². The third-order valence-electron chi connectivity index (χ3n) is 17.1. The smallest absolute Gasteiger partial charge is 0.425 e. The van der Waals surface area contributed by atoms with Crippen LogP contribution in [0, 0.1) is 0 Å². The van der Waals surface area contributed by atoms with Crippen LogP contribution in [0.25, 0.3) is 44.1 Å². The van der Waals surface area contributed by atoms with Gasteiger partial charge in [-0.15, -0.1) is 37.9 Å². The molecule has 0 unspecified atom stereocenters. The molecular weight excluding hydrogens is 1700 g/mol. The van der Waals surface area contributed by atoms with Gasteiger partial charge in [0.15, 0.2) is 29.9 Å². The molecule has 13 N–H and O–H groups in total. The van der Waals surface area contributed by atoms with Gasteiger partial charge in [-0.2, -0.15) is 55.2 Å². The van der Waals surface area contributed by atoms with E-state index >= 15 is 0 Å². The Bertz CT molecular complexity index is 7110. The van der Waals surface area contributed by atoms with Gasteiger partial charge in [0.25, 0.3) is 47.9 Å². The summed E-state index contributed by atoms with van der Waals surface area (Å²) in [7, 11) is -24.2. The maximum Gasteiger partial charge on any atom is 0.425 e. The number of H-pyrrole nitrogens is 2. The standard InChI is InChI=1S/C71H51N15O19S3.3O3S/c87-33-105-32-75-70-82-51(29-36-27-37(17-23-49(36)107(99,100)101)76-46-21-19-44-55-53(40-13-4-6-15-42(40)63(92)57(46)55)59(65(94)79-44)61(90)34-9-2-1-3-10-34)81-67(83-70)72-25-26-73-68-84-69(74-31-52(88)89)86-71(85-68)77-38-18-24-50(108(102,103)104)48(30-38)78-47-22-20-45-56-54(41-14-5-7-16-43(41)64(93)58(47)56)60(66(95)80-45)62(91)35-11-8-12-39(28-35)106(96,97)98;3*1-4(2)3/h1-24,27-28,30,33,76,78H,25-26,29,31-32H2,(H,79,94)(H,80,95)(H,88,89)(H,96,97,98)(H,99,100,101)(H,102,103,104)(H2,72,75,81,82,83)(H3,73,74,77,84,85,86);;;. The summed E-state index contributed by atoms with van der Waals surface area (Å²) >= 11 is 0. The maximum atomic E-state index is 14.7. The molecule has 0 aliphatic heterocycles. The topological polar surface area (TPSA) is 676 Å². The van der Waals surface area contributed by atoms with Crippen LogP contribution in [0.15, 0.2) is 188 Å². The van der Waals surface area contributed by atoms with Gasteiger partial charge >= 0.3 is 37.8 Å². The summed E-state index contributed by atoms with van der Waals surface area (Å²) in [5.74, 6) is -5.25. The molecular formula is C71H51N15O28S6. The molecule has 4 aromatic heterocycles. The highest BCUT2D eigenvalue weighted by Gasteiger charge is 2.36. The first-order chi connectivity index (χ1) is 56.9. The molecule has 0 spiro atoms. The first-order valence-corrected chi connectivity index (χ1v) is 40.7. The number of benzene rings is 8. The number of aromatic amines is 2. The number of nitrogens with zero attached hydrogens (tertiary/aromatic N) is 6. The molecule has 49 heteroatoms. The highest BCUT2D eigenvalue weighted by Crippen LogP contribution is 2.47. The number of pyridine rings is 2. The molecule has 14 rings (SSSR count). The van der Waals surface area contributed by atoms with Crippen molar-refractivity contribution in [2.75, 3.05) is 63.6 Å². The monoisotopic (exact) mass is 1750 g/mol. The third kappa shape index (κ3) is 19.9. The molecule has 0 amide bonds. The largest absolute Gasteiger partial charge is 0.480 e. The fraction of sp³-hybridized carbons (Fsp3) is 0.0704. The zero-order valence-electron chi connectivity index (χ0n) is 59.9. The number of hydrogen-bond acceptors (Lipinski definition) is 37. The van der Waals surface area contributed by atoms with E-state index in [4.69, 9.17) is 42.6 Å². The second kappa shape index (κ2) is 36.0. The van der Waals surface area contributed by atoms with Gasteiger partial charge in [0.2, 0.25) is 29.7 Å². The number of hydrogen-bond donors (Lipinski definition) is 13. The van der Waals surface area contributed by atoms with E-state index < -0.39 is 142 Å². The Hall–Kier alpha value is -15.0. The Morgan fingerprint density at radius 1 is 0.433 bits per heavy atom. The van der Waals surface area contributed by atoms with Crippen LogP contribution in [-0.4, -0.2) is 184 Å². The highest BCUT2D eigenvalue weighted by molar-refractivity contribution is 7.86. The van der Waals surface area contributed by atoms with Crippen LogP contribution in [-0.2, 0) is 82.9 Å². The van der Waals surface area contributed by atoms with Gasteiger partial charge in [0.05, 0.1) is 49.1 Å². The molecule has 0 saturated heterocycles. The normalized spacial score (nSPS) is 11.6. The molecule has 614 valence electrons. The van der Waals surface area contributed by atoms with Crippen molar-refractivity contribution in [2.24, 2.45) is 0 Å². The average Bonchev–Trinajstić information content (AvgIpc) is 0.715. The SMILES string of the molecule is O=COCNc1nc(Cc2cc(Nc3ccc4[nH]c(=O)c(C(=O)c5ccccc5)c5c4c3C(=O)c3ccccc3-5)ccc2S(=O)(=O)O)nc(NCCNc2nc(NCC(=O)O)nc(Nc3ccc(S(=O)(=O)O)c(Nc4ccc5[nH]c(=O)c(C(=O)c6cccc(S(=O)(=O)O)c6)c6c5c4C(=O)c4ccccc4-6)c3)n2)n1.O=S(=O)=O.O=S(=O)=O.O=S(=O)=O. The zero-order valence-corrected chi connectivity index (χ0v) is 64.8. The molecule has 0 fully saturated rings. The second-order valence-corrected chi connectivity index (χ2v) is 30.0. The minimum Gasteiger partial charge on any atom is -0.480 e. The number of anilines is 10. The first kappa shape index (κ1) is 85.9. The van der Waals surface area contributed by atoms with E-state index in [9.17, 15) is 82.4 Å². The lowest BCUT2D eigenvalue weighted by Gasteiger charge is -2.24. The highest BCUT2D eigenvalue weighted by atomic mass is 32.2. The lowest BCUT2D eigenvalue weighted by molar-refractivity contribution is -0.135. The van der Waals surface area contributed by atoms with Crippen molar-refractivity contribution in [3.05, 3.63) is 240 Å². The fourth-order valence-electron chi connectivity index (χ4n) is 12.6. The van der Waals surface area contributed by atoms with Gasteiger partial charge in [-0.1, -0.05) is 91.0 Å². The van der Waals surface area contributed by atoms with Gasteiger partial charge in [-0.3, -0.25) is 52.0 Å². The molecule has 0 bridgehead atoms. The van der Waals surface area contributed by atoms with E-state index in [0.29, 0.717) is 5.56 Å². The minimum absolute atomic E-state index is 0.00117. The minimum atomic E-state index is -5.10. The Morgan fingerprint density at radius 3 is 1.38 bits per heavy atom. The van der Waals surface area contributed by atoms with Crippen molar-refractivity contribution in [3.8, 4) is 22.3 Å². The molecule has 12 aromatic rings. The molecule has 4 heterocycles. The van der Waals surface area contributed by atoms with E-state index in [1.807, 2.05) is 0 Å². The Kier molecular flexibility index (Phi) is 25.8. The van der Waals surface area contributed by atoms with Gasteiger partial charge in [-0.05, 0) is 89.5 Å². The van der Waals surface area contributed by atoms with E-state index in [1.54, 1.807) is 66.7 Å². The van der Waals surface area contributed by atoms with E-state index in [0.717, 1.165) is 24.3 Å². The quantitative estimate of drug-likeness (QED) is 0.0109. The summed E-state index contributed by atoms with van der Waals surface area (Å²) in [6.45, 7) is -1.16. The molecule has 0 atom stereocenters. The Balaban J connectivity index is 0.00000110. The molecule has 2 aliphatic carbocycles. The van der Waals surface area contributed by atoms with Crippen LogP contribution >= 0.6 is 0 Å². The van der Waals surface area contributed by atoms with Crippen molar-refractivity contribution < 1.29 is 115 Å². The number of fused-ring (bicyclic) bond motifs is 4. The second-order valence-electron chi connectivity index (χ2n) is 24.5. The Morgan fingerprint density at radius 2 is 0.875 bits per heavy atom. The molecule has 0 radical (unpaired) electrons. The molecule has 8 aromatic carbocycles. The van der Waals surface area contributed by atoms with Crippen molar-refractivity contribution in [3.63, 3.8) is 0 Å². The number of carboxylic acid groups (broad SMARTS) is 1. The van der Waals surface area contributed by atoms with E-state index in [2.05, 4.69) is 77.1 Å². The summed E-state index contributed by atoms with van der Waals surface area (Å²) in [6, 6.07) is 38.0. The number of nitrogens with one attached hydrogen (secondary N) is 9. The van der Waals surface area contributed by atoms with Crippen LogP contribution < -0.4 is 48.3 Å². The zero-order chi connectivity index (χ0) is 86.8. The van der Waals surface area contributed by atoms with E-state index in [1.165, 1.54) is 72.8 Å². The molecule has 0 saturated carbocycles. The van der Waals surface area contributed by atoms with Crippen molar-refractivity contribution >= 4 is 178 Å². The number of ether oxygens (including phenoxy) is 1. The molecule has 120 heavy (non-hydrogen) atoms. The first-order valence-electron chi connectivity index (χ1n) is 33.4. The van der Waals surface area contributed by atoms with Crippen LogP contribution in [0.2, 0.25) is 0 Å². The summed E-state index contributed by atoms with van der Waals surface area (Å²) in [6.07, 6.45) is -0.435. The third-order valence-corrected chi connectivity index (χ3v) is 19.8. The van der Waals surface area contributed by atoms with Crippen LogP contribution in [0.5, 0.6) is 0 Å². The lowest BCUT2D eigenvalue weighted by Crippen LogP contribution is -2.24. The van der Waals surface area contributed by atoms with Crippen LogP contribution in [0.1, 0.15) is 75.1 Å². The predicted octanol–water partition coefficient (Wildman–Crippen LogP) is 4.74. The van der Waals surface area contributed by atoms with E-state index in [-0.39, 0.29) is 167 Å². The molecule has 43 nitrogen and oxygen atoms in total. The lowest BCUT2D eigenvalue weighted by atomic mass is 9.80. The van der Waals surface area contributed by atoms with Crippen molar-refractivity contribution in [1.82, 2.24) is 39.9 Å². The number of carboxylic acids is 1. The van der Waals surface area contributed by atoms with Crippen molar-refractivity contribution in [1.29, 1.82) is 0 Å². The maximum absolute atomic E-state index is 14.7. The van der Waals surface area contributed by atoms with Crippen LogP contribution in [0.4, 0.5) is 58.2 Å². The number of aromatic nitrogens is 8. The fourth-order valence-corrected chi connectivity index (χ4v) is 14.5. The summed E-state index contributed by atoms with van der Waals surface area (Å²) in [5.41, 5.74) is -1.47. The van der Waals surface area contributed by atoms with Gasteiger partial charge in [0.1, 0.15) is 17.3 Å². The number of carbonyl (C=O) groups excluding carboxylic acids is 5. The predicted molar refractivity (Wildman–Crippen MR) is 419 cm³/mol. The Labute approximate surface area is 676 Å². The summed E-state index contributed by atoms with van der Waals surface area (Å²) in [4.78, 5) is 138. The number of carbonyl (C=O) groups is 6. The number of rotatable bonds is 27. The summed E-state index contributed by atoms with van der Waals surface area (Å²) in [5, 5.41) is 30.0. The van der Waals surface area contributed by atoms with Gasteiger partial charge < -0.3 is 57.0 Å². The number of ketones is 4. The number of aliphatic carboxylic acids is 1. The summed E-state index contributed by atoms with van der Waals surface area (Å²) < 4.78 is 188. The molecule has 2 aliphatic rings. The van der Waals surface area contributed by atoms with Crippen LogP contribution in [0.3, 0.4) is 0 Å². The van der Waals surface area contributed by atoms with Gasteiger partial charge in [0, 0.05) is 86.1 Å². The average molecular weight is 1750 g/mol. The van der Waals surface area contributed by atoms with Crippen molar-refractivity contribution in [2.45, 2.75) is 21.1 Å².